The molecule has 2 aromatic rings. The molecule has 1 aromatic carbocycles. The van der Waals surface area contributed by atoms with Gasteiger partial charge in [0.1, 0.15) is 12.4 Å². The summed E-state index contributed by atoms with van der Waals surface area (Å²) >= 11 is 1.84. The number of ether oxygens (including phenoxy) is 1. The molecule has 1 unspecified atom stereocenters. The minimum Gasteiger partial charge on any atom is -0.492 e. The molecule has 2 heteroatoms. The van der Waals surface area contributed by atoms with Crippen molar-refractivity contribution in [3.8, 4) is 5.75 Å². The molecule has 122 valence electrons. The molecule has 0 amide bonds. The molecule has 2 heterocycles. The summed E-state index contributed by atoms with van der Waals surface area (Å²) in [6.07, 6.45) is 2.50. The summed E-state index contributed by atoms with van der Waals surface area (Å²) in [5.74, 6) is 1.10. The zero-order chi connectivity index (χ0) is 16.5. The minimum absolute atomic E-state index is 0.00377. The molecule has 2 aliphatic rings. The third-order valence-electron chi connectivity index (χ3n) is 6.13. The number of fused-ring (bicyclic) bond motifs is 2. The molecule has 0 spiro atoms. The van der Waals surface area contributed by atoms with Crippen LogP contribution in [0.25, 0.3) is 0 Å². The van der Waals surface area contributed by atoms with Crippen LogP contribution >= 0.6 is 11.3 Å². The van der Waals surface area contributed by atoms with Gasteiger partial charge in [0.15, 0.2) is 0 Å². The first-order valence-corrected chi connectivity index (χ1v) is 9.48. The van der Waals surface area contributed by atoms with Crippen LogP contribution in [0.2, 0.25) is 0 Å². The van der Waals surface area contributed by atoms with Gasteiger partial charge < -0.3 is 4.74 Å². The molecule has 1 nitrogen and oxygen atoms in total. The van der Waals surface area contributed by atoms with Crippen molar-refractivity contribution in [3.63, 3.8) is 0 Å². The topological polar surface area (TPSA) is 9.23 Å². The van der Waals surface area contributed by atoms with E-state index in [1.54, 1.807) is 0 Å². The highest BCUT2D eigenvalue weighted by molar-refractivity contribution is 7.10. The van der Waals surface area contributed by atoms with Crippen molar-refractivity contribution in [2.24, 2.45) is 0 Å². The molecule has 0 saturated heterocycles. The highest BCUT2D eigenvalue weighted by atomic mass is 32.1. The molecule has 4 rings (SSSR count). The molecule has 0 radical (unpaired) electrons. The monoisotopic (exact) mass is 326 g/mol. The fourth-order valence-corrected chi connectivity index (χ4v) is 5.13. The lowest BCUT2D eigenvalue weighted by Crippen LogP contribution is -2.34. The van der Waals surface area contributed by atoms with Crippen LogP contribution in [0.1, 0.15) is 69.0 Å². The SMILES string of the molecule is CC1(C)CCC(C)(C)c2cc3c(cc21)OCC3(C)c1cccs1. The molecule has 1 aromatic heterocycles. The fourth-order valence-electron chi connectivity index (χ4n) is 4.24. The minimum atomic E-state index is -0.00377. The maximum absolute atomic E-state index is 6.17. The van der Waals surface area contributed by atoms with Gasteiger partial charge in [0.2, 0.25) is 0 Å². The van der Waals surface area contributed by atoms with Crippen LogP contribution in [-0.4, -0.2) is 6.61 Å². The number of thiophene rings is 1. The van der Waals surface area contributed by atoms with Crippen LogP contribution in [-0.2, 0) is 16.2 Å². The third kappa shape index (κ3) is 2.11. The fraction of sp³-hybridized carbons (Fsp3) is 0.524. The average Bonchev–Trinajstić information content (AvgIpc) is 3.13. The molecular formula is C21H26OS. The van der Waals surface area contributed by atoms with Gasteiger partial charge in [-0.1, -0.05) is 39.8 Å². The second-order valence-electron chi connectivity index (χ2n) is 8.76. The Balaban J connectivity index is 1.94. The number of hydrogen-bond donors (Lipinski definition) is 0. The number of benzene rings is 1. The van der Waals surface area contributed by atoms with E-state index >= 15 is 0 Å². The van der Waals surface area contributed by atoms with Crippen molar-refractivity contribution < 1.29 is 4.74 Å². The first kappa shape index (κ1) is 15.3. The summed E-state index contributed by atoms with van der Waals surface area (Å²) in [5, 5.41) is 2.17. The largest absolute Gasteiger partial charge is 0.492 e. The highest BCUT2D eigenvalue weighted by Crippen LogP contribution is 2.52. The number of hydrogen-bond acceptors (Lipinski definition) is 2. The Morgan fingerprint density at radius 1 is 0.913 bits per heavy atom. The van der Waals surface area contributed by atoms with E-state index in [2.05, 4.69) is 64.3 Å². The van der Waals surface area contributed by atoms with E-state index in [1.807, 2.05) is 11.3 Å². The molecule has 0 bridgehead atoms. The molecule has 23 heavy (non-hydrogen) atoms. The first-order chi connectivity index (χ1) is 10.7. The predicted molar refractivity (Wildman–Crippen MR) is 98.0 cm³/mol. The lowest BCUT2D eigenvalue weighted by Gasteiger charge is -2.42. The Hall–Kier alpha value is -1.28. The van der Waals surface area contributed by atoms with Crippen molar-refractivity contribution in [1.82, 2.24) is 0 Å². The lowest BCUT2D eigenvalue weighted by molar-refractivity contribution is 0.303. The molecule has 0 fully saturated rings. The van der Waals surface area contributed by atoms with E-state index < -0.39 is 0 Å². The van der Waals surface area contributed by atoms with Crippen molar-refractivity contribution in [2.75, 3.05) is 6.61 Å². The summed E-state index contributed by atoms with van der Waals surface area (Å²) in [6.45, 7) is 12.6. The van der Waals surface area contributed by atoms with E-state index in [0.29, 0.717) is 0 Å². The standard InChI is InChI=1S/C21H26OS/c1-19(2)8-9-20(3,4)15-12-17-16(11-14(15)19)21(5,13-22-17)18-7-6-10-23-18/h6-7,10-12H,8-9,13H2,1-5H3. The molecule has 1 aliphatic carbocycles. The first-order valence-electron chi connectivity index (χ1n) is 8.60. The van der Waals surface area contributed by atoms with Crippen molar-refractivity contribution in [2.45, 2.75) is 63.7 Å². The van der Waals surface area contributed by atoms with E-state index in [1.165, 1.54) is 34.4 Å². The van der Waals surface area contributed by atoms with Crippen LogP contribution in [0.15, 0.2) is 29.6 Å². The molecular weight excluding hydrogens is 300 g/mol. The lowest BCUT2D eigenvalue weighted by atomic mass is 9.62. The van der Waals surface area contributed by atoms with Gasteiger partial charge in [0.25, 0.3) is 0 Å². The van der Waals surface area contributed by atoms with Gasteiger partial charge in [0.05, 0.1) is 5.41 Å². The van der Waals surface area contributed by atoms with Crippen LogP contribution in [0, 0.1) is 0 Å². The van der Waals surface area contributed by atoms with Gasteiger partial charge in [-0.05, 0) is 59.2 Å². The Morgan fingerprint density at radius 3 is 2.17 bits per heavy atom. The van der Waals surface area contributed by atoms with Crippen LogP contribution in [0.3, 0.4) is 0 Å². The Morgan fingerprint density at radius 2 is 1.57 bits per heavy atom. The summed E-state index contributed by atoms with van der Waals surface area (Å²) in [5.41, 5.74) is 4.88. The maximum Gasteiger partial charge on any atom is 0.123 e. The summed E-state index contributed by atoms with van der Waals surface area (Å²) < 4.78 is 6.17. The average molecular weight is 327 g/mol. The zero-order valence-electron chi connectivity index (χ0n) is 14.8. The quantitative estimate of drug-likeness (QED) is 0.644. The van der Waals surface area contributed by atoms with E-state index in [-0.39, 0.29) is 16.2 Å². The Bertz CT molecular complexity index is 754. The normalized spacial score (nSPS) is 27.2. The molecule has 0 N–H and O–H groups in total. The third-order valence-corrected chi connectivity index (χ3v) is 7.26. The second-order valence-corrected chi connectivity index (χ2v) is 9.71. The maximum atomic E-state index is 6.17. The second kappa shape index (κ2) is 4.63. The van der Waals surface area contributed by atoms with Gasteiger partial charge in [-0.2, -0.15) is 0 Å². The van der Waals surface area contributed by atoms with Gasteiger partial charge in [0, 0.05) is 10.4 Å². The summed E-state index contributed by atoms with van der Waals surface area (Å²) in [6, 6.07) is 9.22. The number of rotatable bonds is 1. The predicted octanol–water partition coefficient (Wildman–Crippen LogP) is 5.80. The zero-order valence-corrected chi connectivity index (χ0v) is 15.6. The highest BCUT2D eigenvalue weighted by Gasteiger charge is 2.44. The van der Waals surface area contributed by atoms with Gasteiger partial charge in [-0.3, -0.25) is 0 Å². The molecule has 1 atom stereocenters. The van der Waals surface area contributed by atoms with Crippen LogP contribution < -0.4 is 4.74 Å². The van der Waals surface area contributed by atoms with E-state index in [0.717, 1.165) is 12.4 Å². The van der Waals surface area contributed by atoms with E-state index in [4.69, 9.17) is 4.74 Å². The van der Waals surface area contributed by atoms with E-state index in [9.17, 15) is 0 Å². The van der Waals surface area contributed by atoms with Gasteiger partial charge in [-0.15, -0.1) is 11.3 Å². The van der Waals surface area contributed by atoms with Crippen molar-refractivity contribution in [3.05, 3.63) is 51.2 Å². The van der Waals surface area contributed by atoms with Gasteiger partial charge >= 0.3 is 0 Å². The Labute approximate surface area is 143 Å². The summed E-state index contributed by atoms with van der Waals surface area (Å²) in [7, 11) is 0. The molecule has 1 aliphatic heterocycles. The smallest absolute Gasteiger partial charge is 0.123 e. The van der Waals surface area contributed by atoms with Crippen molar-refractivity contribution >= 4 is 11.3 Å². The summed E-state index contributed by atoms with van der Waals surface area (Å²) in [4.78, 5) is 1.41. The Kier molecular flexibility index (Phi) is 3.07. The van der Waals surface area contributed by atoms with Crippen LogP contribution in [0.4, 0.5) is 0 Å². The van der Waals surface area contributed by atoms with Crippen LogP contribution in [0.5, 0.6) is 5.75 Å². The van der Waals surface area contributed by atoms with Gasteiger partial charge in [-0.25, -0.2) is 0 Å². The van der Waals surface area contributed by atoms with Crippen molar-refractivity contribution in [1.29, 1.82) is 0 Å². The molecule has 0 saturated carbocycles.